The van der Waals surface area contributed by atoms with Crippen molar-refractivity contribution in [2.24, 2.45) is 0 Å². The number of carbonyl (C=O) groups is 1. The first-order valence-electron chi connectivity index (χ1n) is 9.61. The molecule has 29 heavy (non-hydrogen) atoms. The summed E-state index contributed by atoms with van der Waals surface area (Å²) in [4.78, 5) is 12.4. The zero-order valence-corrected chi connectivity index (χ0v) is 17.7. The van der Waals surface area contributed by atoms with Gasteiger partial charge in [-0.25, -0.2) is 0 Å². The molecular weight excluding hydrogens is 386 g/mol. The van der Waals surface area contributed by atoms with Gasteiger partial charge in [-0.2, -0.15) is 0 Å². The summed E-state index contributed by atoms with van der Waals surface area (Å²) in [6, 6.07) is 13.8. The summed E-state index contributed by atoms with van der Waals surface area (Å²) in [6.45, 7) is 4.17. The monoisotopic (exact) mass is 411 g/mol. The Bertz CT molecular complexity index is 932. The third-order valence-corrected chi connectivity index (χ3v) is 5.37. The maximum absolute atomic E-state index is 12.4. The molecule has 0 bridgehead atoms. The van der Waals surface area contributed by atoms with Crippen molar-refractivity contribution in [2.75, 3.05) is 18.2 Å². The number of aromatic nitrogens is 2. The van der Waals surface area contributed by atoms with Crippen LogP contribution in [0.1, 0.15) is 36.4 Å². The molecule has 6 nitrogen and oxygen atoms in total. The molecule has 3 aromatic rings. The third-order valence-electron chi connectivity index (χ3n) is 4.55. The zero-order valence-electron chi connectivity index (χ0n) is 16.9. The number of methoxy groups -OCH3 is 1. The van der Waals surface area contributed by atoms with Gasteiger partial charge < -0.3 is 14.5 Å². The maximum Gasteiger partial charge on any atom is 0.277 e. The highest BCUT2D eigenvalue weighted by Crippen LogP contribution is 2.24. The van der Waals surface area contributed by atoms with Crippen LogP contribution in [-0.2, 0) is 24.1 Å². The molecular formula is C22H25N3O3S. The van der Waals surface area contributed by atoms with E-state index in [0.717, 1.165) is 41.0 Å². The molecule has 0 radical (unpaired) electrons. The second-order valence-corrected chi connectivity index (χ2v) is 7.41. The Morgan fingerprint density at radius 3 is 2.38 bits per heavy atom. The second-order valence-electron chi connectivity index (χ2n) is 6.48. The molecule has 1 N–H and O–H groups in total. The van der Waals surface area contributed by atoms with Gasteiger partial charge in [0.1, 0.15) is 5.75 Å². The van der Waals surface area contributed by atoms with E-state index in [1.807, 2.05) is 42.5 Å². The van der Waals surface area contributed by atoms with Crippen LogP contribution in [-0.4, -0.2) is 29.0 Å². The molecule has 1 amide bonds. The fourth-order valence-corrected chi connectivity index (χ4v) is 3.57. The van der Waals surface area contributed by atoms with E-state index in [0.29, 0.717) is 17.5 Å². The van der Waals surface area contributed by atoms with Gasteiger partial charge >= 0.3 is 0 Å². The average molecular weight is 412 g/mol. The van der Waals surface area contributed by atoms with Gasteiger partial charge in [-0.05, 0) is 41.7 Å². The van der Waals surface area contributed by atoms with E-state index in [-0.39, 0.29) is 11.7 Å². The molecule has 0 fully saturated rings. The van der Waals surface area contributed by atoms with Crippen LogP contribution in [0.5, 0.6) is 5.75 Å². The second kappa shape index (κ2) is 10.1. The van der Waals surface area contributed by atoms with Crippen molar-refractivity contribution in [3.05, 3.63) is 65.0 Å². The van der Waals surface area contributed by atoms with Crippen molar-refractivity contribution in [1.82, 2.24) is 10.2 Å². The van der Waals surface area contributed by atoms with Crippen LogP contribution in [0.25, 0.3) is 0 Å². The molecule has 0 atom stereocenters. The number of nitrogens with zero attached hydrogens (tertiary/aromatic N) is 2. The standard InChI is InChI=1S/C22H25N3O3S/c1-4-16-7-6-8-17(5-2)21(16)23-19(26)14-29-22-25-24-20(28-22)13-15-9-11-18(27-3)12-10-15/h6-12H,4-5,13-14H2,1-3H3,(H,23,26). The van der Waals surface area contributed by atoms with E-state index >= 15 is 0 Å². The smallest absolute Gasteiger partial charge is 0.277 e. The highest BCUT2D eigenvalue weighted by Gasteiger charge is 2.13. The topological polar surface area (TPSA) is 77.2 Å². The lowest BCUT2D eigenvalue weighted by molar-refractivity contribution is -0.113. The first kappa shape index (κ1) is 20.9. The lowest BCUT2D eigenvalue weighted by atomic mass is 10.0. The Labute approximate surface area is 175 Å². The number of amides is 1. The number of nitrogens with one attached hydrogen (secondary N) is 1. The molecule has 3 rings (SSSR count). The summed E-state index contributed by atoms with van der Waals surface area (Å²) in [5, 5.41) is 11.5. The lowest BCUT2D eigenvalue weighted by Gasteiger charge is -2.14. The molecule has 0 saturated carbocycles. The highest BCUT2D eigenvalue weighted by atomic mass is 32.2. The van der Waals surface area contributed by atoms with Gasteiger partial charge in [0.25, 0.3) is 5.22 Å². The average Bonchev–Trinajstić information content (AvgIpc) is 3.20. The molecule has 0 spiro atoms. The number of para-hydroxylation sites is 1. The van der Waals surface area contributed by atoms with Gasteiger partial charge in [-0.15, -0.1) is 10.2 Å². The van der Waals surface area contributed by atoms with Crippen LogP contribution < -0.4 is 10.1 Å². The van der Waals surface area contributed by atoms with Gasteiger partial charge in [0.2, 0.25) is 11.8 Å². The first-order valence-corrected chi connectivity index (χ1v) is 10.6. The molecule has 1 aromatic heterocycles. The van der Waals surface area contributed by atoms with E-state index in [1.165, 1.54) is 11.8 Å². The molecule has 0 aliphatic rings. The summed E-state index contributed by atoms with van der Waals surface area (Å²) in [5.74, 6) is 1.45. The number of ether oxygens (including phenoxy) is 1. The normalized spacial score (nSPS) is 10.7. The van der Waals surface area contributed by atoms with Crippen molar-refractivity contribution in [3.8, 4) is 5.75 Å². The van der Waals surface area contributed by atoms with Crippen molar-refractivity contribution in [1.29, 1.82) is 0 Å². The van der Waals surface area contributed by atoms with Gasteiger partial charge in [0, 0.05) is 5.69 Å². The summed E-state index contributed by atoms with van der Waals surface area (Å²) >= 11 is 1.24. The lowest BCUT2D eigenvalue weighted by Crippen LogP contribution is -2.16. The molecule has 2 aromatic carbocycles. The maximum atomic E-state index is 12.4. The molecule has 152 valence electrons. The van der Waals surface area contributed by atoms with E-state index < -0.39 is 0 Å². The van der Waals surface area contributed by atoms with Gasteiger partial charge in [-0.3, -0.25) is 4.79 Å². The predicted molar refractivity (Wildman–Crippen MR) is 115 cm³/mol. The number of hydrogen-bond acceptors (Lipinski definition) is 6. The van der Waals surface area contributed by atoms with E-state index in [2.05, 4.69) is 29.4 Å². The highest BCUT2D eigenvalue weighted by molar-refractivity contribution is 7.99. The van der Waals surface area contributed by atoms with Crippen LogP contribution in [0, 0.1) is 0 Å². The Hall–Kier alpha value is -2.80. The van der Waals surface area contributed by atoms with Gasteiger partial charge in [0.05, 0.1) is 19.3 Å². The molecule has 0 saturated heterocycles. The van der Waals surface area contributed by atoms with Crippen molar-refractivity contribution in [3.63, 3.8) is 0 Å². The van der Waals surface area contributed by atoms with E-state index in [1.54, 1.807) is 7.11 Å². The van der Waals surface area contributed by atoms with Gasteiger partial charge in [0.15, 0.2) is 0 Å². The first-order chi connectivity index (χ1) is 14.1. The summed E-state index contributed by atoms with van der Waals surface area (Å²) in [6.07, 6.45) is 2.28. The van der Waals surface area contributed by atoms with Crippen molar-refractivity contribution >= 4 is 23.4 Å². The summed E-state index contributed by atoms with van der Waals surface area (Å²) < 4.78 is 10.8. The van der Waals surface area contributed by atoms with Crippen LogP contribution in [0.3, 0.4) is 0 Å². The van der Waals surface area contributed by atoms with Crippen LogP contribution in [0.4, 0.5) is 5.69 Å². The van der Waals surface area contributed by atoms with E-state index in [9.17, 15) is 4.79 Å². The number of thioether (sulfide) groups is 1. The Morgan fingerprint density at radius 2 is 1.76 bits per heavy atom. The number of anilines is 1. The van der Waals surface area contributed by atoms with Gasteiger partial charge in [-0.1, -0.05) is 55.9 Å². The number of rotatable bonds is 9. The Balaban J connectivity index is 1.56. The van der Waals surface area contributed by atoms with E-state index in [4.69, 9.17) is 9.15 Å². The van der Waals surface area contributed by atoms with Crippen molar-refractivity contribution < 1.29 is 13.9 Å². The minimum Gasteiger partial charge on any atom is -0.497 e. The number of benzene rings is 2. The Morgan fingerprint density at radius 1 is 1.07 bits per heavy atom. The number of hydrogen-bond donors (Lipinski definition) is 1. The SMILES string of the molecule is CCc1cccc(CC)c1NC(=O)CSc1nnc(Cc2ccc(OC)cc2)o1. The zero-order chi connectivity index (χ0) is 20.6. The fraction of sp³-hybridized carbons (Fsp3) is 0.318. The van der Waals surface area contributed by atoms with Crippen LogP contribution in [0.15, 0.2) is 52.1 Å². The third kappa shape index (κ3) is 5.60. The molecule has 0 aliphatic heterocycles. The molecule has 0 unspecified atom stereocenters. The largest absolute Gasteiger partial charge is 0.497 e. The van der Waals surface area contributed by atoms with Crippen LogP contribution >= 0.6 is 11.8 Å². The minimum absolute atomic E-state index is 0.0829. The molecule has 1 heterocycles. The quantitative estimate of drug-likeness (QED) is 0.522. The predicted octanol–water partition coefficient (Wildman–Crippen LogP) is 4.52. The molecule has 7 heteroatoms. The summed E-state index contributed by atoms with van der Waals surface area (Å²) in [7, 11) is 1.64. The molecule has 0 aliphatic carbocycles. The van der Waals surface area contributed by atoms with Crippen LogP contribution in [0.2, 0.25) is 0 Å². The number of carbonyl (C=O) groups excluding carboxylic acids is 1. The minimum atomic E-state index is -0.0829. The number of aryl methyl sites for hydroxylation is 2. The van der Waals surface area contributed by atoms with Crippen molar-refractivity contribution in [2.45, 2.75) is 38.3 Å². The summed E-state index contributed by atoms with van der Waals surface area (Å²) in [5.41, 5.74) is 4.25. The Kier molecular flexibility index (Phi) is 7.30. The fourth-order valence-electron chi connectivity index (χ4n) is 2.99.